The first kappa shape index (κ1) is 24.4. The van der Waals surface area contributed by atoms with Crippen molar-refractivity contribution in [2.24, 2.45) is 0 Å². The molecule has 8 heteroatoms. The monoisotopic (exact) mass is 494 g/mol. The molecule has 1 aliphatic rings. The number of hydrogen-bond donors (Lipinski definition) is 2. The molecule has 5 rings (SSSR count). The first-order valence-electron chi connectivity index (χ1n) is 12.4. The van der Waals surface area contributed by atoms with Gasteiger partial charge in [-0.15, -0.1) is 0 Å². The Bertz CT molecular complexity index is 1360. The second-order valence-electron chi connectivity index (χ2n) is 9.23. The first-order chi connectivity index (χ1) is 18.0. The van der Waals surface area contributed by atoms with E-state index in [0.29, 0.717) is 29.8 Å². The number of carbonyl (C=O) groups excluding carboxylic acids is 1. The number of rotatable bonds is 8. The van der Waals surface area contributed by atoms with E-state index >= 15 is 0 Å². The van der Waals surface area contributed by atoms with Gasteiger partial charge in [0, 0.05) is 47.1 Å². The molecule has 1 atom stereocenters. The fourth-order valence-corrected chi connectivity index (χ4v) is 4.34. The first-order valence-corrected chi connectivity index (χ1v) is 12.4. The van der Waals surface area contributed by atoms with E-state index in [1.807, 2.05) is 55.5 Å². The van der Waals surface area contributed by atoms with Gasteiger partial charge in [0.05, 0.1) is 5.69 Å². The number of nitrogens with zero attached hydrogens (tertiary/aromatic N) is 4. The second-order valence-corrected chi connectivity index (χ2v) is 9.23. The highest BCUT2D eigenvalue weighted by Crippen LogP contribution is 2.25. The summed E-state index contributed by atoms with van der Waals surface area (Å²) < 4.78 is 5.94. The summed E-state index contributed by atoms with van der Waals surface area (Å²) >= 11 is 0. The number of carbonyl (C=O) groups is 1. The molecule has 1 amide bonds. The largest absolute Gasteiger partial charge is 0.492 e. The number of benzene rings is 2. The van der Waals surface area contributed by atoms with Crippen LogP contribution in [0.25, 0.3) is 11.3 Å². The zero-order valence-electron chi connectivity index (χ0n) is 21.0. The molecule has 188 valence electrons. The number of aromatic nitrogens is 3. The third-order valence-electron chi connectivity index (χ3n) is 6.59. The average Bonchev–Trinajstić information content (AvgIpc) is 3.35. The van der Waals surface area contributed by atoms with Crippen LogP contribution in [0.2, 0.25) is 0 Å². The number of nitrogens with one attached hydrogen (secondary N) is 2. The molecule has 8 nitrogen and oxygen atoms in total. The molecule has 0 spiro atoms. The van der Waals surface area contributed by atoms with Gasteiger partial charge in [-0.25, -0.2) is 9.97 Å². The molecule has 1 fully saturated rings. The van der Waals surface area contributed by atoms with E-state index in [1.165, 1.54) is 6.42 Å². The van der Waals surface area contributed by atoms with Crippen molar-refractivity contribution in [2.45, 2.75) is 25.8 Å². The van der Waals surface area contributed by atoms with Crippen LogP contribution >= 0.6 is 0 Å². The van der Waals surface area contributed by atoms with Gasteiger partial charge in [0.15, 0.2) is 0 Å². The fourth-order valence-electron chi connectivity index (χ4n) is 4.34. The Labute approximate surface area is 216 Å². The summed E-state index contributed by atoms with van der Waals surface area (Å²) in [4.78, 5) is 28.3. The number of anilines is 3. The Balaban J connectivity index is 1.23. The van der Waals surface area contributed by atoms with Crippen molar-refractivity contribution in [2.75, 3.05) is 30.8 Å². The summed E-state index contributed by atoms with van der Waals surface area (Å²) in [5.41, 5.74) is 4.73. The van der Waals surface area contributed by atoms with Crippen LogP contribution in [0.4, 0.5) is 17.3 Å². The Hall–Kier alpha value is -4.30. The minimum atomic E-state index is -0.188. The van der Waals surface area contributed by atoms with Crippen LogP contribution in [-0.4, -0.2) is 52.0 Å². The Morgan fingerprint density at radius 2 is 1.97 bits per heavy atom. The molecule has 2 aromatic heterocycles. The molecule has 0 radical (unpaired) electrons. The number of likely N-dealkylation sites (tertiary alicyclic amines) is 1. The van der Waals surface area contributed by atoms with Crippen LogP contribution in [0.5, 0.6) is 5.75 Å². The predicted molar refractivity (Wildman–Crippen MR) is 145 cm³/mol. The molecule has 0 aliphatic carbocycles. The van der Waals surface area contributed by atoms with Crippen molar-refractivity contribution in [1.82, 2.24) is 19.9 Å². The van der Waals surface area contributed by atoms with Crippen LogP contribution in [0, 0.1) is 6.92 Å². The summed E-state index contributed by atoms with van der Waals surface area (Å²) in [6, 6.07) is 19.1. The summed E-state index contributed by atoms with van der Waals surface area (Å²) in [5, 5.41) is 6.24. The van der Waals surface area contributed by atoms with Crippen molar-refractivity contribution in [3.63, 3.8) is 0 Å². The Morgan fingerprint density at radius 3 is 2.73 bits per heavy atom. The molecule has 1 aliphatic heterocycles. The van der Waals surface area contributed by atoms with Gasteiger partial charge in [0.25, 0.3) is 5.91 Å². The fraction of sp³-hybridized carbons (Fsp3) is 0.241. The lowest BCUT2D eigenvalue weighted by Gasteiger charge is -2.19. The highest BCUT2D eigenvalue weighted by molar-refractivity contribution is 6.04. The molecule has 4 aromatic rings. The highest BCUT2D eigenvalue weighted by Gasteiger charge is 2.21. The van der Waals surface area contributed by atoms with Gasteiger partial charge < -0.3 is 20.3 Å². The van der Waals surface area contributed by atoms with Crippen molar-refractivity contribution in [1.29, 1.82) is 0 Å². The molecule has 37 heavy (non-hydrogen) atoms. The highest BCUT2D eigenvalue weighted by atomic mass is 16.5. The van der Waals surface area contributed by atoms with Gasteiger partial charge in [-0.2, -0.15) is 0 Å². The predicted octanol–water partition coefficient (Wildman–Crippen LogP) is 5.32. The van der Waals surface area contributed by atoms with Crippen LogP contribution in [0.15, 0.2) is 79.3 Å². The maximum absolute atomic E-state index is 12.9. The van der Waals surface area contributed by atoms with E-state index < -0.39 is 0 Å². The maximum atomic E-state index is 12.9. The summed E-state index contributed by atoms with van der Waals surface area (Å²) in [5.74, 6) is 1.05. The van der Waals surface area contributed by atoms with Crippen LogP contribution < -0.4 is 15.4 Å². The van der Waals surface area contributed by atoms with Gasteiger partial charge in [0.1, 0.15) is 12.4 Å². The van der Waals surface area contributed by atoms with Crippen LogP contribution in [0.3, 0.4) is 0 Å². The number of pyridine rings is 1. The van der Waals surface area contributed by atoms with Gasteiger partial charge >= 0.3 is 0 Å². The number of hydrogen-bond acceptors (Lipinski definition) is 7. The normalized spacial score (nSPS) is 15.4. The molecule has 0 bridgehead atoms. The third kappa shape index (κ3) is 6.10. The van der Waals surface area contributed by atoms with E-state index in [-0.39, 0.29) is 5.91 Å². The van der Waals surface area contributed by atoms with Gasteiger partial charge in [-0.05, 0) is 93.5 Å². The van der Waals surface area contributed by atoms with Crippen molar-refractivity contribution in [3.8, 4) is 17.0 Å². The van der Waals surface area contributed by atoms with Crippen molar-refractivity contribution >= 4 is 23.2 Å². The summed E-state index contributed by atoms with van der Waals surface area (Å²) in [7, 11) is 2.13. The number of aryl methyl sites for hydroxylation is 1. The third-order valence-corrected chi connectivity index (χ3v) is 6.59. The van der Waals surface area contributed by atoms with Crippen molar-refractivity contribution in [3.05, 3.63) is 90.4 Å². The lowest BCUT2D eigenvalue weighted by Crippen LogP contribution is -2.30. The van der Waals surface area contributed by atoms with E-state index in [4.69, 9.17) is 4.74 Å². The molecular weight excluding hydrogens is 464 g/mol. The zero-order chi connectivity index (χ0) is 25.6. The molecule has 0 saturated carbocycles. The minimum Gasteiger partial charge on any atom is -0.492 e. The molecule has 1 unspecified atom stereocenters. The second kappa shape index (κ2) is 11.2. The SMILES string of the molecule is Cc1ccc(NC(=O)c2ccc(OCC3CCCN3C)cc2)cc1Nc1nccc(-c2cccnc2)n1. The minimum absolute atomic E-state index is 0.188. The van der Waals surface area contributed by atoms with E-state index in [2.05, 4.69) is 37.5 Å². The molecule has 2 aromatic carbocycles. The van der Waals surface area contributed by atoms with Gasteiger partial charge in [0.2, 0.25) is 5.95 Å². The van der Waals surface area contributed by atoms with Gasteiger partial charge in [-0.1, -0.05) is 6.07 Å². The average molecular weight is 495 g/mol. The Morgan fingerprint density at radius 1 is 1.11 bits per heavy atom. The van der Waals surface area contributed by atoms with E-state index in [1.54, 1.807) is 30.7 Å². The van der Waals surface area contributed by atoms with E-state index in [9.17, 15) is 4.79 Å². The quantitative estimate of drug-likeness (QED) is 0.343. The number of amides is 1. The number of likely N-dealkylation sites (N-methyl/N-ethyl adjacent to an activating group) is 1. The van der Waals surface area contributed by atoms with Crippen LogP contribution in [-0.2, 0) is 0 Å². The zero-order valence-corrected chi connectivity index (χ0v) is 21.0. The topological polar surface area (TPSA) is 92.3 Å². The van der Waals surface area contributed by atoms with E-state index in [0.717, 1.165) is 41.2 Å². The molecule has 2 N–H and O–H groups in total. The summed E-state index contributed by atoms with van der Waals surface area (Å²) in [6.07, 6.45) is 7.57. The standard InChI is InChI=1S/C29H30N6O2/c1-20-7-10-23(17-27(20)34-29-31-15-13-26(33-29)22-5-3-14-30-18-22)32-28(36)21-8-11-25(12-9-21)37-19-24-6-4-16-35(24)2/h3,5,7-15,17-18,24H,4,6,16,19H2,1-2H3,(H,32,36)(H,31,33,34). The van der Waals surface area contributed by atoms with Crippen LogP contribution in [0.1, 0.15) is 28.8 Å². The lowest BCUT2D eigenvalue weighted by atomic mass is 10.1. The summed E-state index contributed by atoms with van der Waals surface area (Å²) in [6.45, 7) is 3.77. The Kier molecular flexibility index (Phi) is 7.37. The maximum Gasteiger partial charge on any atom is 0.255 e. The molecular formula is C29H30N6O2. The molecule has 1 saturated heterocycles. The lowest BCUT2D eigenvalue weighted by molar-refractivity contribution is 0.102. The van der Waals surface area contributed by atoms with Gasteiger partial charge in [-0.3, -0.25) is 9.78 Å². The molecule has 3 heterocycles. The van der Waals surface area contributed by atoms with Crippen molar-refractivity contribution < 1.29 is 9.53 Å². The number of ether oxygens (including phenoxy) is 1. The smallest absolute Gasteiger partial charge is 0.255 e.